The molecular weight excluding hydrogens is 408 g/mol. The predicted molar refractivity (Wildman–Crippen MR) is 138 cm³/mol. The summed E-state index contributed by atoms with van der Waals surface area (Å²) >= 11 is 0. The molecule has 0 bridgehead atoms. The fourth-order valence-electron chi connectivity index (χ4n) is 3.84. The number of anilines is 1. The number of aryl methyl sites for hydroxylation is 2. The van der Waals surface area contributed by atoms with Gasteiger partial charge in [-0.15, -0.1) is 0 Å². The van der Waals surface area contributed by atoms with E-state index in [0.29, 0.717) is 6.54 Å². The number of ether oxygens (including phenoxy) is 1. The van der Waals surface area contributed by atoms with E-state index >= 15 is 0 Å². The van der Waals surface area contributed by atoms with E-state index in [4.69, 9.17) is 4.74 Å². The normalized spacial score (nSPS) is 10.8. The molecule has 0 aliphatic rings. The highest BCUT2D eigenvalue weighted by Gasteiger charge is 2.12. The number of rotatable bonds is 10. The first-order valence-electron chi connectivity index (χ1n) is 11.9. The molecule has 4 heteroatoms. The van der Waals surface area contributed by atoms with Gasteiger partial charge in [-0.1, -0.05) is 61.9 Å². The van der Waals surface area contributed by atoms with E-state index in [1.54, 1.807) is 4.90 Å². The SMILES string of the molecule is CCCCNC(=O)N(C)c1cccc(-c2ccccc2CCc2cccc(OC(C)C)c2)c1. The third-order valence-electron chi connectivity index (χ3n) is 5.63. The molecule has 1 N–H and O–H groups in total. The molecule has 0 saturated heterocycles. The van der Waals surface area contributed by atoms with Gasteiger partial charge in [-0.3, -0.25) is 4.90 Å². The Bertz CT molecular complexity index is 1050. The molecule has 174 valence electrons. The first-order chi connectivity index (χ1) is 16.0. The van der Waals surface area contributed by atoms with Gasteiger partial charge in [0.15, 0.2) is 0 Å². The van der Waals surface area contributed by atoms with E-state index in [9.17, 15) is 4.79 Å². The summed E-state index contributed by atoms with van der Waals surface area (Å²) < 4.78 is 5.85. The smallest absolute Gasteiger partial charge is 0.321 e. The maximum absolute atomic E-state index is 12.5. The maximum Gasteiger partial charge on any atom is 0.321 e. The monoisotopic (exact) mass is 444 g/mol. The number of carbonyl (C=O) groups is 1. The first kappa shape index (κ1) is 24.4. The van der Waals surface area contributed by atoms with E-state index in [1.165, 1.54) is 16.7 Å². The average Bonchev–Trinajstić information content (AvgIpc) is 2.82. The average molecular weight is 445 g/mol. The highest BCUT2D eigenvalue weighted by atomic mass is 16.5. The van der Waals surface area contributed by atoms with Crippen LogP contribution < -0.4 is 15.0 Å². The molecule has 0 heterocycles. The van der Waals surface area contributed by atoms with Crippen LogP contribution >= 0.6 is 0 Å². The van der Waals surface area contributed by atoms with Crippen LogP contribution in [0.5, 0.6) is 5.75 Å². The number of nitrogens with zero attached hydrogens (tertiary/aromatic N) is 1. The van der Waals surface area contributed by atoms with Gasteiger partial charge >= 0.3 is 6.03 Å². The van der Waals surface area contributed by atoms with Gasteiger partial charge in [0.05, 0.1) is 6.10 Å². The van der Waals surface area contributed by atoms with Crippen LogP contribution in [0.1, 0.15) is 44.7 Å². The molecule has 2 amide bonds. The van der Waals surface area contributed by atoms with E-state index in [1.807, 2.05) is 39.1 Å². The molecule has 0 aliphatic carbocycles. The molecule has 0 unspecified atom stereocenters. The summed E-state index contributed by atoms with van der Waals surface area (Å²) in [6.07, 6.45) is 4.08. The number of nitrogens with one attached hydrogen (secondary N) is 1. The highest BCUT2D eigenvalue weighted by Crippen LogP contribution is 2.28. The number of unbranched alkanes of at least 4 members (excludes halogenated alkanes) is 1. The van der Waals surface area contributed by atoms with Crippen LogP contribution in [0.2, 0.25) is 0 Å². The van der Waals surface area contributed by atoms with Gasteiger partial charge < -0.3 is 10.1 Å². The van der Waals surface area contributed by atoms with Crippen LogP contribution in [0.15, 0.2) is 72.8 Å². The maximum atomic E-state index is 12.5. The van der Waals surface area contributed by atoms with E-state index in [2.05, 4.69) is 66.8 Å². The third kappa shape index (κ3) is 7.11. The van der Waals surface area contributed by atoms with Crippen molar-refractivity contribution in [3.05, 3.63) is 83.9 Å². The molecule has 3 rings (SSSR count). The van der Waals surface area contributed by atoms with E-state index in [0.717, 1.165) is 42.7 Å². The molecular formula is C29H36N2O2. The summed E-state index contributed by atoms with van der Waals surface area (Å²) in [5, 5.41) is 2.98. The second kappa shape index (κ2) is 12.1. The van der Waals surface area contributed by atoms with Crippen molar-refractivity contribution >= 4 is 11.7 Å². The van der Waals surface area contributed by atoms with Crippen LogP contribution in [-0.2, 0) is 12.8 Å². The topological polar surface area (TPSA) is 41.6 Å². The Morgan fingerprint density at radius 3 is 2.55 bits per heavy atom. The van der Waals surface area contributed by atoms with E-state index < -0.39 is 0 Å². The van der Waals surface area contributed by atoms with Crippen molar-refractivity contribution in [2.24, 2.45) is 0 Å². The fraction of sp³-hybridized carbons (Fsp3) is 0.345. The van der Waals surface area contributed by atoms with Crippen molar-refractivity contribution in [2.45, 2.75) is 52.6 Å². The molecule has 0 aliphatic heterocycles. The minimum Gasteiger partial charge on any atom is -0.491 e. The predicted octanol–water partition coefficient (Wildman–Crippen LogP) is 6.87. The summed E-state index contributed by atoms with van der Waals surface area (Å²) in [6, 6.07) is 25.0. The minimum atomic E-state index is -0.0719. The number of amides is 2. The van der Waals surface area contributed by atoms with Crippen molar-refractivity contribution in [1.29, 1.82) is 0 Å². The Labute approximate surface area is 198 Å². The molecule has 0 aromatic heterocycles. The lowest BCUT2D eigenvalue weighted by molar-refractivity contribution is 0.242. The number of hydrogen-bond donors (Lipinski definition) is 1. The zero-order valence-corrected chi connectivity index (χ0v) is 20.3. The Hall–Kier alpha value is -3.27. The van der Waals surface area contributed by atoms with Crippen LogP contribution in [-0.4, -0.2) is 25.7 Å². The summed E-state index contributed by atoms with van der Waals surface area (Å²) in [4.78, 5) is 14.2. The lowest BCUT2D eigenvalue weighted by Gasteiger charge is -2.19. The van der Waals surface area contributed by atoms with Gasteiger partial charge in [0.1, 0.15) is 5.75 Å². The number of urea groups is 1. The molecule has 3 aromatic carbocycles. The van der Waals surface area contributed by atoms with Gasteiger partial charge in [-0.25, -0.2) is 4.79 Å². The van der Waals surface area contributed by atoms with Gasteiger partial charge in [-0.2, -0.15) is 0 Å². The van der Waals surface area contributed by atoms with Gasteiger partial charge in [0.25, 0.3) is 0 Å². The van der Waals surface area contributed by atoms with Crippen LogP contribution in [0.3, 0.4) is 0 Å². The standard InChI is InChI=1S/C29H36N2O2/c1-5-6-19-30-29(32)31(4)26-14-10-13-25(21-26)28-16-8-7-12-24(28)18-17-23-11-9-15-27(20-23)33-22(2)3/h7-16,20-22H,5-6,17-19H2,1-4H3,(H,30,32). The largest absolute Gasteiger partial charge is 0.491 e. The molecule has 0 radical (unpaired) electrons. The quantitative estimate of drug-likeness (QED) is 0.347. The lowest BCUT2D eigenvalue weighted by Crippen LogP contribution is -2.37. The first-order valence-corrected chi connectivity index (χ1v) is 11.9. The van der Waals surface area contributed by atoms with Crippen molar-refractivity contribution < 1.29 is 9.53 Å². The Morgan fingerprint density at radius 1 is 0.970 bits per heavy atom. The van der Waals surface area contributed by atoms with Crippen LogP contribution in [0.4, 0.5) is 10.5 Å². The van der Waals surface area contributed by atoms with Gasteiger partial charge in [0.2, 0.25) is 0 Å². The summed E-state index contributed by atoms with van der Waals surface area (Å²) in [6.45, 7) is 6.91. The second-order valence-electron chi connectivity index (χ2n) is 8.67. The second-order valence-corrected chi connectivity index (χ2v) is 8.67. The van der Waals surface area contributed by atoms with Crippen molar-refractivity contribution in [3.63, 3.8) is 0 Å². The molecule has 33 heavy (non-hydrogen) atoms. The minimum absolute atomic E-state index is 0.0719. The molecule has 0 saturated carbocycles. The fourth-order valence-corrected chi connectivity index (χ4v) is 3.84. The molecule has 0 fully saturated rings. The van der Waals surface area contributed by atoms with Crippen molar-refractivity contribution in [2.75, 3.05) is 18.5 Å². The third-order valence-corrected chi connectivity index (χ3v) is 5.63. The molecule has 4 nitrogen and oxygen atoms in total. The van der Waals surface area contributed by atoms with Gasteiger partial charge in [0, 0.05) is 19.3 Å². The van der Waals surface area contributed by atoms with Crippen LogP contribution in [0.25, 0.3) is 11.1 Å². The Morgan fingerprint density at radius 2 is 1.76 bits per heavy atom. The number of carbonyl (C=O) groups excluding carboxylic acids is 1. The molecule has 3 aromatic rings. The van der Waals surface area contributed by atoms with E-state index in [-0.39, 0.29) is 12.1 Å². The zero-order chi connectivity index (χ0) is 23.6. The zero-order valence-electron chi connectivity index (χ0n) is 20.3. The Balaban J connectivity index is 1.75. The van der Waals surface area contributed by atoms with Gasteiger partial charge in [-0.05, 0) is 79.6 Å². The molecule has 0 atom stereocenters. The van der Waals surface area contributed by atoms with Crippen molar-refractivity contribution in [1.82, 2.24) is 5.32 Å². The molecule has 0 spiro atoms. The number of hydrogen-bond acceptors (Lipinski definition) is 2. The summed E-state index contributed by atoms with van der Waals surface area (Å²) in [7, 11) is 1.82. The Kier molecular flexibility index (Phi) is 8.94. The highest BCUT2D eigenvalue weighted by molar-refractivity contribution is 5.92. The number of benzene rings is 3. The summed E-state index contributed by atoms with van der Waals surface area (Å²) in [5.74, 6) is 0.920. The van der Waals surface area contributed by atoms with Crippen LogP contribution in [0, 0.1) is 0 Å². The van der Waals surface area contributed by atoms with Crippen molar-refractivity contribution in [3.8, 4) is 16.9 Å². The summed E-state index contributed by atoms with van der Waals surface area (Å²) in [5.41, 5.74) is 5.76. The lowest BCUT2D eigenvalue weighted by atomic mass is 9.95.